The smallest absolute Gasteiger partial charge is 0.159 e. The Balaban J connectivity index is 2.54. The minimum atomic E-state index is -0.884. The van der Waals surface area contributed by atoms with Gasteiger partial charge in [-0.2, -0.15) is 0 Å². The second-order valence-electron chi connectivity index (χ2n) is 3.25. The van der Waals surface area contributed by atoms with Crippen LogP contribution in [0.3, 0.4) is 0 Å². The van der Waals surface area contributed by atoms with Crippen LogP contribution in [0, 0.1) is 18.6 Å². The van der Waals surface area contributed by atoms with Crippen molar-refractivity contribution < 1.29 is 8.78 Å². The van der Waals surface area contributed by atoms with Gasteiger partial charge in [0.2, 0.25) is 0 Å². The lowest BCUT2D eigenvalue weighted by molar-refractivity contribution is 0.509. The van der Waals surface area contributed by atoms with E-state index in [1.54, 1.807) is 13.0 Å². The van der Waals surface area contributed by atoms with Gasteiger partial charge < -0.3 is 0 Å². The van der Waals surface area contributed by atoms with E-state index in [-0.39, 0.29) is 0 Å². The fraction of sp³-hybridized carbons (Fsp3) is 0.0909. The highest BCUT2D eigenvalue weighted by atomic mass is 79.9. The quantitative estimate of drug-likeness (QED) is 0.749. The zero-order valence-corrected chi connectivity index (χ0v) is 9.92. The number of hydrogen-bond acceptors (Lipinski definition) is 2. The van der Waals surface area contributed by atoms with Gasteiger partial charge in [-0.15, -0.1) is 0 Å². The normalized spacial score (nSPS) is 10.5. The largest absolute Gasteiger partial charge is 0.233 e. The maximum Gasteiger partial charge on any atom is 0.159 e. The van der Waals surface area contributed by atoms with Crippen molar-refractivity contribution >= 4 is 15.9 Å². The van der Waals surface area contributed by atoms with Gasteiger partial charge in [0.1, 0.15) is 10.4 Å². The first-order valence-electron chi connectivity index (χ1n) is 4.53. The molecule has 16 heavy (non-hydrogen) atoms. The third kappa shape index (κ3) is 2.24. The van der Waals surface area contributed by atoms with Crippen LogP contribution in [0.1, 0.15) is 5.82 Å². The lowest BCUT2D eigenvalue weighted by Crippen LogP contribution is -1.93. The maximum absolute atomic E-state index is 13.0. The first kappa shape index (κ1) is 11.1. The first-order valence-corrected chi connectivity index (χ1v) is 5.32. The Hall–Kier alpha value is -1.36. The Bertz CT molecular complexity index is 523. The topological polar surface area (TPSA) is 25.8 Å². The van der Waals surface area contributed by atoms with Crippen molar-refractivity contribution in [3.8, 4) is 11.3 Å². The summed E-state index contributed by atoms with van der Waals surface area (Å²) in [5.74, 6) is -1.19. The van der Waals surface area contributed by atoms with Crippen molar-refractivity contribution in [3.63, 3.8) is 0 Å². The highest BCUT2D eigenvalue weighted by molar-refractivity contribution is 9.10. The van der Waals surface area contributed by atoms with Gasteiger partial charge in [0.15, 0.2) is 11.6 Å². The Morgan fingerprint density at radius 3 is 2.44 bits per heavy atom. The Labute approximate surface area is 99.5 Å². The van der Waals surface area contributed by atoms with Gasteiger partial charge in [0, 0.05) is 5.56 Å². The SMILES string of the molecule is Cc1nc(Br)cc(-c2ccc(F)c(F)c2)n1. The maximum atomic E-state index is 13.0. The van der Waals surface area contributed by atoms with Crippen molar-refractivity contribution in [1.29, 1.82) is 0 Å². The minimum absolute atomic E-state index is 0.519. The summed E-state index contributed by atoms with van der Waals surface area (Å²) < 4.78 is 26.4. The summed E-state index contributed by atoms with van der Waals surface area (Å²) in [6.45, 7) is 1.73. The van der Waals surface area contributed by atoms with Crippen LogP contribution in [-0.4, -0.2) is 9.97 Å². The van der Waals surface area contributed by atoms with E-state index in [4.69, 9.17) is 0 Å². The highest BCUT2D eigenvalue weighted by Gasteiger charge is 2.07. The molecular formula is C11H7BrF2N2. The van der Waals surface area contributed by atoms with E-state index in [1.165, 1.54) is 6.07 Å². The molecule has 2 aromatic rings. The van der Waals surface area contributed by atoms with Crippen LogP contribution in [-0.2, 0) is 0 Å². The molecular weight excluding hydrogens is 278 g/mol. The Morgan fingerprint density at radius 2 is 1.81 bits per heavy atom. The molecule has 0 radical (unpaired) electrons. The lowest BCUT2D eigenvalue weighted by Gasteiger charge is -2.03. The van der Waals surface area contributed by atoms with Crippen LogP contribution >= 0.6 is 15.9 Å². The Morgan fingerprint density at radius 1 is 1.06 bits per heavy atom. The average Bonchev–Trinajstić information content (AvgIpc) is 2.20. The summed E-state index contributed by atoms with van der Waals surface area (Å²) in [5, 5.41) is 0. The van der Waals surface area contributed by atoms with Crippen molar-refractivity contribution in [2.75, 3.05) is 0 Å². The molecule has 82 valence electrons. The molecule has 0 aliphatic heterocycles. The molecule has 2 rings (SSSR count). The van der Waals surface area contributed by atoms with Crippen LogP contribution in [0.15, 0.2) is 28.9 Å². The molecule has 0 saturated heterocycles. The van der Waals surface area contributed by atoms with E-state index < -0.39 is 11.6 Å². The summed E-state index contributed by atoms with van der Waals surface area (Å²) in [7, 11) is 0. The van der Waals surface area contributed by atoms with Crippen LogP contribution in [0.4, 0.5) is 8.78 Å². The van der Waals surface area contributed by atoms with Crippen molar-refractivity contribution in [2.45, 2.75) is 6.92 Å². The molecule has 0 unspecified atom stereocenters. The fourth-order valence-corrected chi connectivity index (χ4v) is 1.81. The second-order valence-corrected chi connectivity index (χ2v) is 4.06. The molecule has 1 aromatic carbocycles. The van der Waals surface area contributed by atoms with E-state index in [1.807, 2.05) is 0 Å². The van der Waals surface area contributed by atoms with Crippen LogP contribution in [0.2, 0.25) is 0 Å². The Kier molecular flexibility index (Phi) is 2.96. The third-order valence-electron chi connectivity index (χ3n) is 2.02. The summed E-state index contributed by atoms with van der Waals surface area (Å²) in [4.78, 5) is 8.18. The van der Waals surface area contributed by atoms with Gasteiger partial charge in [-0.25, -0.2) is 18.7 Å². The highest BCUT2D eigenvalue weighted by Crippen LogP contribution is 2.21. The molecule has 0 aliphatic carbocycles. The van der Waals surface area contributed by atoms with Crippen LogP contribution in [0.5, 0.6) is 0 Å². The molecule has 0 aliphatic rings. The van der Waals surface area contributed by atoms with E-state index >= 15 is 0 Å². The van der Waals surface area contributed by atoms with Crippen molar-refractivity contribution in [3.05, 3.63) is 46.3 Å². The molecule has 0 spiro atoms. The third-order valence-corrected chi connectivity index (χ3v) is 2.43. The molecule has 0 fully saturated rings. The number of halogens is 3. The van der Waals surface area contributed by atoms with Crippen LogP contribution < -0.4 is 0 Å². The van der Waals surface area contributed by atoms with E-state index in [0.29, 0.717) is 21.7 Å². The predicted molar refractivity (Wildman–Crippen MR) is 59.8 cm³/mol. The molecule has 0 N–H and O–H groups in total. The van der Waals surface area contributed by atoms with Crippen LogP contribution in [0.25, 0.3) is 11.3 Å². The fourth-order valence-electron chi connectivity index (χ4n) is 1.33. The van der Waals surface area contributed by atoms with Gasteiger partial charge in [-0.1, -0.05) is 0 Å². The number of nitrogens with zero attached hydrogens (tertiary/aromatic N) is 2. The molecule has 0 atom stereocenters. The monoisotopic (exact) mass is 284 g/mol. The lowest BCUT2D eigenvalue weighted by atomic mass is 10.1. The van der Waals surface area contributed by atoms with E-state index in [9.17, 15) is 8.78 Å². The summed E-state index contributed by atoms with van der Waals surface area (Å²) in [6.07, 6.45) is 0. The van der Waals surface area contributed by atoms with Gasteiger partial charge in [0.25, 0.3) is 0 Å². The number of aryl methyl sites for hydroxylation is 1. The molecule has 0 saturated carbocycles. The van der Waals surface area contributed by atoms with Crippen molar-refractivity contribution in [2.24, 2.45) is 0 Å². The van der Waals surface area contributed by atoms with Crippen molar-refractivity contribution in [1.82, 2.24) is 9.97 Å². The van der Waals surface area contributed by atoms with E-state index in [2.05, 4.69) is 25.9 Å². The minimum Gasteiger partial charge on any atom is -0.233 e. The average molecular weight is 285 g/mol. The van der Waals surface area contributed by atoms with Gasteiger partial charge in [0.05, 0.1) is 5.69 Å². The van der Waals surface area contributed by atoms with E-state index in [0.717, 1.165) is 12.1 Å². The molecule has 0 amide bonds. The zero-order valence-electron chi connectivity index (χ0n) is 8.34. The second kappa shape index (κ2) is 4.25. The van der Waals surface area contributed by atoms with Gasteiger partial charge in [-0.3, -0.25) is 0 Å². The number of rotatable bonds is 1. The molecule has 2 nitrogen and oxygen atoms in total. The molecule has 5 heteroatoms. The predicted octanol–water partition coefficient (Wildman–Crippen LogP) is 3.49. The summed E-state index contributed by atoms with van der Waals surface area (Å²) >= 11 is 3.22. The number of aromatic nitrogens is 2. The molecule has 1 heterocycles. The summed E-state index contributed by atoms with van der Waals surface area (Å²) in [6, 6.07) is 5.33. The number of benzene rings is 1. The molecule has 0 bridgehead atoms. The number of hydrogen-bond donors (Lipinski definition) is 0. The zero-order chi connectivity index (χ0) is 11.7. The molecule has 1 aromatic heterocycles. The standard InChI is InChI=1S/C11H7BrF2N2/c1-6-15-10(5-11(12)16-6)7-2-3-8(13)9(14)4-7/h2-5H,1H3. The van der Waals surface area contributed by atoms with Gasteiger partial charge in [-0.05, 0) is 47.1 Å². The first-order chi connectivity index (χ1) is 7.56. The van der Waals surface area contributed by atoms with Gasteiger partial charge >= 0.3 is 0 Å². The summed E-state index contributed by atoms with van der Waals surface area (Å²) in [5.41, 5.74) is 1.07.